The topological polar surface area (TPSA) is 46.5 Å². The van der Waals surface area contributed by atoms with Crippen molar-refractivity contribution < 1.29 is 18.5 Å². The molecule has 0 aromatic carbocycles. The van der Waals surface area contributed by atoms with Crippen molar-refractivity contribution in [2.75, 3.05) is 27.7 Å². The molecule has 0 aliphatic carbocycles. The number of quaternary nitrogens is 1. The zero-order valence-electron chi connectivity index (χ0n) is 19.5. The Kier molecular flexibility index (Phi) is 16.5. The average molecular weight is 419 g/mol. The van der Waals surface area contributed by atoms with Crippen LogP contribution < -0.4 is 0 Å². The third-order valence-electron chi connectivity index (χ3n) is 5.32. The van der Waals surface area contributed by atoms with Crippen LogP contribution in [0.4, 0.5) is 0 Å². The minimum atomic E-state index is -3.55. The zero-order valence-corrected chi connectivity index (χ0v) is 20.4. The van der Waals surface area contributed by atoms with Gasteiger partial charge in [0.2, 0.25) is 0 Å². The second-order valence-corrected chi connectivity index (χ2v) is 11.0. The summed E-state index contributed by atoms with van der Waals surface area (Å²) in [5, 5.41) is 0. The number of nitrogens with zero attached hydrogens (tertiary/aromatic N) is 1. The lowest BCUT2D eigenvalue weighted by atomic mass is 10.1. The molecule has 2 unspecified atom stereocenters. The molecule has 168 valence electrons. The van der Waals surface area contributed by atoms with E-state index < -0.39 is 7.60 Å². The largest absolute Gasteiger partial charge is 0.385 e. The Balaban J connectivity index is 3.56. The van der Waals surface area contributed by atoms with Crippen molar-refractivity contribution in [1.29, 1.82) is 0 Å². The third-order valence-corrected chi connectivity index (χ3v) is 7.68. The van der Waals surface area contributed by atoms with Crippen LogP contribution in [0.25, 0.3) is 0 Å². The molecule has 0 bridgehead atoms. The number of unbranched alkanes of at least 4 members (excludes halogenated alkanes) is 11. The first kappa shape index (κ1) is 27.8. The molecule has 2 atom stereocenters. The van der Waals surface area contributed by atoms with Gasteiger partial charge in [0.05, 0.1) is 27.7 Å². The Labute approximate surface area is 175 Å². The molecule has 0 aliphatic rings. The molecule has 0 amide bonds. The molecule has 0 rings (SSSR count). The molecule has 0 aromatic rings. The summed E-state index contributed by atoms with van der Waals surface area (Å²) < 4.78 is 18.3. The molecular formula is C23H49NO3P+. The lowest BCUT2D eigenvalue weighted by Crippen LogP contribution is -2.44. The Morgan fingerprint density at radius 2 is 1.29 bits per heavy atom. The van der Waals surface area contributed by atoms with Gasteiger partial charge in [0.1, 0.15) is 0 Å². The number of rotatable bonds is 19. The summed E-state index contributed by atoms with van der Waals surface area (Å²) in [6.45, 7) is 4.60. The van der Waals surface area contributed by atoms with E-state index in [-0.39, 0.29) is 5.78 Å². The number of hydrogen-bond acceptors (Lipinski definition) is 2. The van der Waals surface area contributed by atoms with Gasteiger partial charge in [-0.15, -0.1) is 0 Å². The van der Waals surface area contributed by atoms with Crippen LogP contribution in [0, 0.1) is 0 Å². The van der Waals surface area contributed by atoms with Gasteiger partial charge >= 0.3 is 7.60 Å². The van der Waals surface area contributed by atoms with Crippen molar-refractivity contribution in [3.05, 3.63) is 12.2 Å². The predicted octanol–water partition coefficient (Wildman–Crippen LogP) is 7.28. The molecule has 0 saturated carbocycles. The van der Waals surface area contributed by atoms with Crippen molar-refractivity contribution in [1.82, 2.24) is 0 Å². The van der Waals surface area contributed by atoms with Gasteiger partial charge in [0.15, 0.2) is 5.78 Å². The van der Waals surface area contributed by atoms with Gasteiger partial charge in [0, 0.05) is 6.42 Å². The molecule has 28 heavy (non-hydrogen) atoms. The van der Waals surface area contributed by atoms with E-state index >= 15 is 0 Å². The molecule has 1 N–H and O–H groups in total. The standard InChI is InChI=1S/C23H48NO3P/c1-6-8-9-10-11-12-13-14-15-16-17-18-19-20-21-22-27-28(25,26)23(7-2)24(3,4)5/h13-14,23H,6-12,15-22H2,1-5H3/p+1. The van der Waals surface area contributed by atoms with Crippen LogP contribution in [0.3, 0.4) is 0 Å². The summed E-state index contributed by atoms with van der Waals surface area (Å²) in [4.78, 5) is 10.2. The summed E-state index contributed by atoms with van der Waals surface area (Å²) in [6.07, 6.45) is 21.5. The lowest BCUT2D eigenvalue weighted by Gasteiger charge is -2.35. The molecule has 5 heteroatoms. The van der Waals surface area contributed by atoms with Gasteiger partial charge in [-0.05, 0) is 32.1 Å². The smallest absolute Gasteiger partial charge is 0.320 e. The van der Waals surface area contributed by atoms with Gasteiger partial charge in [-0.3, -0.25) is 4.57 Å². The van der Waals surface area contributed by atoms with Crippen LogP contribution in [-0.2, 0) is 9.09 Å². The van der Waals surface area contributed by atoms with E-state index in [1.165, 1.54) is 70.6 Å². The monoisotopic (exact) mass is 418 g/mol. The first-order chi connectivity index (χ1) is 13.3. The van der Waals surface area contributed by atoms with Gasteiger partial charge in [0.25, 0.3) is 0 Å². The molecule has 0 radical (unpaired) electrons. The minimum Gasteiger partial charge on any atom is -0.320 e. The second-order valence-electron chi connectivity index (χ2n) is 8.99. The maximum absolute atomic E-state index is 12.5. The van der Waals surface area contributed by atoms with Gasteiger partial charge in [-0.25, -0.2) is 0 Å². The summed E-state index contributed by atoms with van der Waals surface area (Å²) >= 11 is 0. The van der Waals surface area contributed by atoms with Crippen molar-refractivity contribution in [3.8, 4) is 0 Å². The Hall–Kier alpha value is -0.150. The lowest BCUT2D eigenvalue weighted by molar-refractivity contribution is -0.883. The van der Waals surface area contributed by atoms with Crippen LogP contribution in [0.1, 0.15) is 104 Å². The van der Waals surface area contributed by atoms with Crippen molar-refractivity contribution in [3.63, 3.8) is 0 Å². The van der Waals surface area contributed by atoms with E-state index in [0.717, 1.165) is 12.8 Å². The minimum absolute atomic E-state index is 0.350. The van der Waals surface area contributed by atoms with Gasteiger partial charge in [-0.2, -0.15) is 0 Å². The fourth-order valence-corrected chi connectivity index (χ4v) is 5.57. The third kappa shape index (κ3) is 14.8. The Bertz CT molecular complexity index is 432. The van der Waals surface area contributed by atoms with Crippen LogP contribution in [0.2, 0.25) is 0 Å². The average Bonchev–Trinajstić information content (AvgIpc) is 2.60. The van der Waals surface area contributed by atoms with Crippen LogP contribution in [0.15, 0.2) is 12.2 Å². The quantitative estimate of drug-likeness (QED) is 0.104. The Morgan fingerprint density at radius 3 is 1.75 bits per heavy atom. The molecule has 0 saturated heterocycles. The fourth-order valence-electron chi connectivity index (χ4n) is 3.67. The van der Waals surface area contributed by atoms with Crippen LogP contribution in [0.5, 0.6) is 0 Å². The van der Waals surface area contributed by atoms with E-state index in [1.807, 2.05) is 28.1 Å². The predicted molar refractivity (Wildman–Crippen MR) is 123 cm³/mol. The van der Waals surface area contributed by atoms with Crippen LogP contribution in [-0.4, -0.2) is 42.9 Å². The molecule has 0 fully saturated rings. The van der Waals surface area contributed by atoms with Gasteiger partial charge < -0.3 is 13.9 Å². The molecule has 0 spiro atoms. The SMILES string of the molecule is CCCCCCCC=CCCCCCCCCOP(=O)(O)C(CC)[N+](C)(C)C. The summed E-state index contributed by atoms with van der Waals surface area (Å²) in [7, 11) is 2.30. The summed E-state index contributed by atoms with van der Waals surface area (Å²) in [6, 6.07) is 0. The Morgan fingerprint density at radius 1 is 0.821 bits per heavy atom. The van der Waals surface area contributed by atoms with Crippen molar-refractivity contribution in [2.45, 2.75) is 110 Å². The number of hydrogen-bond donors (Lipinski definition) is 1. The van der Waals surface area contributed by atoms with Crippen LogP contribution >= 0.6 is 7.60 Å². The second kappa shape index (κ2) is 16.6. The van der Waals surface area contributed by atoms with E-state index in [4.69, 9.17) is 4.52 Å². The highest BCUT2D eigenvalue weighted by molar-refractivity contribution is 7.53. The van der Waals surface area contributed by atoms with E-state index in [2.05, 4.69) is 19.1 Å². The van der Waals surface area contributed by atoms with Crippen molar-refractivity contribution in [2.24, 2.45) is 0 Å². The highest BCUT2D eigenvalue weighted by Crippen LogP contribution is 2.51. The van der Waals surface area contributed by atoms with Crippen molar-refractivity contribution >= 4 is 7.60 Å². The molecule has 0 aromatic heterocycles. The van der Waals surface area contributed by atoms with E-state index in [9.17, 15) is 9.46 Å². The molecular weight excluding hydrogens is 369 g/mol. The highest BCUT2D eigenvalue weighted by Gasteiger charge is 2.41. The van der Waals surface area contributed by atoms with Gasteiger partial charge in [-0.1, -0.05) is 77.4 Å². The zero-order chi connectivity index (χ0) is 21.3. The fraction of sp³-hybridized carbons (Fsp3) is 0.913. The molecule has 4 nitrogen and oxygen atoms in total. The summed E-state index contributed by atoms with van der Waals surface area (Å²) in [5.74, 6) is -0.350. The first-order valence-electron chi connectivity index (χ1n) is 11.7. The highest BCUT2D eigenvalue weighted by atomic mass is 31.2. The molecule has 0 heterocycles. The summed E-state index contributed by atoms with van der Waals surface area (Å²) in [5.41, 5.74) is 0. The van der Waals surface area contributed by atoms with E-state index in [1.54, 1.807) is 0 Å². The maximum Gasteiger partial charge on any atom is 0.385 e. The van der Waals surface area contributed by atoms with E-state index in [0.29, 0.717) is 17.5 Å². The molecule has 0 aliphatic heterocycles. The maximum atomic E-state index is 12.5. The number of allylic oxidation sites excluding steroid dienone is 2. The first-order valence-corrected chi connectivity index (χ1v) is 13.3. The normalized spacial score (nSPS) is 15.8.